The molecule has 27 heavy (non-hydrogen) atoms. The van der Waals surface area contributed by atoms with Crippen LogP contribution in [0.1, 0.15) is 48.8 Å². The average Bonchev–Trinajstić information content (AvgIpc) is 3.27. The third kappa shape index (κ3) is 5.70. The van der Waals surface area contributed by atoms with Gasteiger partial charge in [-0.2, -0.15) is 5.10 Å². The first-order valence-electron chi connectivity index (χ1n) is 9.65. The summed E-state index contributed by atoms with van der Waals surface area (Å²) >= 11 is 0. The largest absolute Gasteiger partial charge is 0.357 e. The highest BCUT2D eigenvalue weighted by Crippen LogP contribution is 2.27. The molecule has 148 valence electrons. The number of rotatable bonds is 5. The van der Waals surface area contributed by atoms with Crippen molar-refractivity contribution >= 4 is 29.9 Å². The van der Waals surface area contributed by atoms with E-state index in [-0.39, 0.29) is 24.0 Å². The minimum Gasteiger partial charge on any atom is -0.357 e. The molecule has 0 amide bonds. The summed E-state index contributed by atoms with van der Waals surface area (Å²) in [5.74, 6) is 2.00. The lowest BCUT2D eigenvalue weighted by Gasteiger charge is -2.22. The zero-order valence-corrected chi connectivity index (χ0v) is 19.2. The number of hydrogen-bond donors (Lipinski definition) is 1. The van der Waals surface area contributed by atoms with Gasteiger partial charge in [-0.25, -0.2) is 0 Å². The van der Waals surface area contributed by atoms with E-state index in [0.717, 1.165) is 38.6 Å². The van der Waals surface area contributed by atoms with E-state index < -0.39 is 0 Å². The standard InChI is InChI=1S/C21H31N5.HI/c1-5-22-21(23-12-17(3)18-8-6-7-16(2)11-18)26-10-9-19(15-26)20-13-24-25(4)14-20;/h6-8,11,13-14,17,19H,5,9-10,12,15H2,1-4H3,(H,22,23);1H. The first-order valence-corrected chi connectivity index (χ1v) is 9.65. The van der Waals surface area contributed by atoms with Crippen LogP contribution in [0, 0.1) is 6.92 Å². The van der Waals surface area contributed by atoms with Gasteiger partial charge in [0.25, 0.3) is 0 Å². The second kappa shape index (κ2) is 10.1. The minimum absolute atomic E-state index is 0. The summed E-state index contributed by atoms with van der Waals surface area (Å²) in [5, 5.41) is 7.79. The van der Waals surface area contributed by atoms with Gasteiger partial charge in [0, 0.05) is 51.3 Å². The maximum atomic E-state index is 4.95. The van der Waals surface area contributed by atoms with Crippen LogP contribution in [0.4, 0.5) is 0 Å². The molecule has 6 heteroatoms. The molecule has 0 saturated carbocycles. The summed E-state index contributed by atoms with van der Waals surface area (Å²) in [5.41, 5.74) is 4.00. The van der Waals surface area contributed by atoms with Gasteiger partial charge in [0.05, 0.1) is 6.20 Å². The molecule has 1 N–H and O–H groups in total. The topological polar surface area (TPSA) is 45.5 Å². The zero-order valence-electron chi connectivity index (χ0n) is 16.9. The number of likely N-dealkylation sites (tertiary alicyclic amines) is 1. The number of aliphatic imine (C=N–C) groups is 1. The SMILES string of the molecule is CCNC(=NCC(C)c1cccc(C)c1)N1CCC(c2cnn(C)c2)C1.I. The number of aryl methyl sites for hydroxylation is 2. The molecular formula is C21H32IN5. The van der Waals surface area contributed by atoms with E-state index in [1.165, 1.54) is 16.7 Å². The van der Waals surface area contributed by atoms with Crippen LogP contribution < -0.4 is 5.32 Å². The zero-order chi connectivity index (χ0) is 18.5. The number of nitrogens with zero attached hydrogens (tertiary/aromatic N) is 4. The lowest BCUT2D eigenvalue weighted by Crippen LogP contribution is -2.40. The first-order chi connectivity index (χ1) is 12.6. The maximum absolute atomic E-state index is 4.95. The molecule has 1 aliphatic rings. The van der Waals surface area contributed by atoms with Crippen molar-refractivity contribution in [3.63, 3.8) is 0 Å². The second-order valence-electron chi connectivity index (χ2n) is 7.39. The molecule has 0 radical (unpaired) electrons. The lowest BCUT2D eigenvalue weighted by atomic mass is 10.00. The molecule has 0 aliphatic carbocycles. The van der Waals surface area contributed by atoms with Gasteiger partial charge >= 0.3 is 0 Å². The van der Waals surface area contributed by atoms with Gasteiger partial charge in [0.2, 0.25) is 0 Å². The van der Waals surface area contributed by atoms with Crippen LogP contribution in [-0.2, 0) is 7.05 Å². The Bertz CT molecular complexity index is 755. The van der Waals surface area contributed by atoms with Gasteiger partial charge in [-0.05, 0) is 31.4 Å². The summed E-state index contributed by atoms with van der Waals surface area (Å²) in [7, 11) is 1.98. The Hall–Kier alpha value is -1.57. The van der Waals surface area contributed by atoms with Gasteiger partial charge in [-0.15, -0.1) is 24.0 Å². The summed E-state index contributed by atoms with van der Waals surface area (Å²) in [6, 6.07) is 8.75. The van der Waals surface area contributed by atoms with Gasteiger partial charge < -0.3 is 10.2 Å². The van der Waals surface area contributed by atoms with Crippen molar-refractivity contribution in [3.8, 4) is 0 Å². The van der Waals surface area contributed by atoms with E-state index in [1.807, 2.05) is 17.9 Å². The fourth-order valence-corrected chi connectivity index (χ4v) is 3.61. The molecule has 2 unspecified atom stereocenters. The Kier molecular flexibility index (Phi) is 8.13. The Labute approximate surface area is 180 Å². The van der Waals surface area contributed by atoms with Crippen molar-refractivity contribution in [3.05, 3.63) is 53.3 Å². The van der Waals surface area contributed by atoms with E-state index in [9.17, 15) is 0 Å². The molecular weight excluding hydrogens is 449 g/mol. The number of guanidine groups is 1. The number of nitrogens with one attached hydrogen (secondary N) is 1. The van der Waals surface area contributed by atoms with Crippen LogP contribution in [0.3, 0.4) is 0 Å². The van der Waals surface area contributed by atoms with E-state index in [4.69, 9.17) is 4.99 Å². The third-order valence-electron chi connectivity index (χ3n) is 5.15. The molecule has 3 rings (SSSR count). The Morgan fingerprint density at radius 3 is 2.89 bits per heavy atom. The number of hydrogen-bond acceptors (Lipinski definition) is 2. The molecule has 5 nitrogen and oxygen atoms in total. The van der Waals surface area contributed by atoms with Crippen LogP contribution in [0.25, 0.3) is 0 Å². The van der Waals surface area contributed by atoms with Gasteiger partial charge in [0.1, 0.15) is 0 Å². The fourth-order valence-electron chi connectivity index (χ4n) is 3.61. The molecule has 2 atom stereocenters. The highest BCUT2D eigenvalue weighted by atomic mass is 127. The van der Waals surface area contributed by atoms with Gasteiger partial charge in [-0.1, -0.05) is 36.8 Å². The summed E-state index contributed by atoms with van der Waals surface area (Å²) < 4.78 is 1.89. The van der Waals surface area contributed by atoms with Crippen LogP contribution in [-0.4, -0.2) is 46.8 Å². The van der Waals surface area contributed by atoms with Crippen molar-refractivity contribution in [2.45, 2.75) is 39.0 Å². The monoisotopic (exact) mass is 481 g/mol. The molecule has 1 aromatic carbocycles. The average molecular weight is 481 g/mol. The highest BCUT2D eigenvalue weighted by Gasteiger charge is 2.27. The summed E-state index contributed by atoms with van der Waals surface area (Å²) in [6.45, 7) is 10.3. The molecule has 1 fully saturated rings. The second-order valence-corrected chi connectivity index (χ2v) is 7.39. The van der Waals surface area contributed by atoms with E-state index in [0.29, 0.717) is 11.8 Å². The molecule has 2 aromatic rings. The van der Waals surface area contributed by atoms with Crippen molar-refractivity contribution < 1.29 is 0 Å². The lowest BCUT2D eigenvalue weighted by molar-refractivity contribution is 0.485. The predicted molar refractivity (Wildman–Crippen MR) is 123 cm³/mol. The number of benzene rings is 1. The molecule has 0 spiro atoms. The van der Waals surface area contributed by atoms with Crippen molar-refractivity contribution in [2.24, 2.45) is 12.0 Å². The highest BCUT2D eigenvalue weighted by molar-refractivity contribution is 14.0. The Morgan fingerprint density at radius 1 is 1.41 bits per heavy atom. The van der Waals surface area contributed by atoms with E-state index in [1.54, 1.807) is 0 Å². The molecule has 1 aromatic heterocycles. The minimum atomic E-state index is 0. The first kappa shape index (κ1) is 21.7. The molecule has 1 aliphatic heterocycles. The maximum Gasteiger partial charge on any atom is 0.193 e. The van der Waals surface area contributed by atoms with Crippen molar-refractivity contribution in [1.29, 1.82) is 0 Å². The third-order valence-corrected chi connectivity index (χ3v) is 5.15. The number of halogens is 1. The Balaban J connectivity index is 0.00000261. The van der Waals surface area contributed by atoms with E-state index >= 15 is 0 Å². The van der Waals surface area contributed by atoms with Gasteiger partial charge in [0.15, 0.2) is 5.96 Å². The summed E-state index contributed by atoms with van der Waals surface area (Å²) in [4.78, 5) is 7.34. The smallest absolute Gasteiger partial charge is 0.193 e. The van der Waals surface area contributed by atoms with Crippen LogP contribution in [0.5, 0.6) is 0 Å². The van der Waals surface area contributed by atoms with Crippen molar-refractivity contribution in [2.75, 3.05) is 26.2 Å². The predicted octanol–water partition coefficient (Wildman–Crippen LogP) is 3.91. The van der Waals surface area contributed by atoms with Crippen LogP contribution in [0.2, 0.25) is 0 Å². The molecule has 0 bridgehead atoms. The van der Waals surface area contributed by atoms with Crippen molar-refractivity contribution in [1.82, 2.24) is 20.0 Å². The molecule has 2 heterocycles. The van der Waals surface area contributed by atoms with Crippen LogP contribution in [0.15, 0.2) is 41.7 Å². The number of aromatic nitrogens is 2. The fraction of sp³-hybridized carbons (Fsp3) is 0.524. The van der Waals surface area contributed by atoms with Gasteiger partial charge in [-0.3, -0.25) is 9.67 Å². The van der Waals surface area contributed by atoms with Crippen LogP contribution >= 0.6 is 24.0 Å². The quantitative estimate of drug-likeness (QED) is 0.400. The Morgan fingerprint density at radius 2 is 2.22 bits per heavy atom. The molecule has 1 saturated heterocycles. The summed E-state index contributed by atoms with van der Waals surface area (Å²) in [6.07, 6.45) is 5.29. The van der Waals surface area contributed by atoms with E-state index in [2.05, 4.69) is 66.5 Å². The normalized spacial score (nSPS) is 18.3.